The highest BCUT2D eigenvalue weighted by molar-refractivity contribution is 7.60. The molecule has 1 fully saturated rings. The molecule has 0 amide bonds. The summed E-state index contributed by atoms with van der Waals surface area (Å²) in [7, 11) is -9.06. The second-order valence-electron chi connectivity index (χ2n) is 6.49. The molecule has 2 unspecified atom stereocenters. The SMILES string of the molecule is C[C@H]1[C@@H](O)[C@H]([n+]2cn(C)c3c(=O)[nH]c(N)nc32)O[C@@H]1COP(=O)(O)OP(=O)([O-])O. The lowest BCUT2D eigenvalue weighted by atomic mass is 10.0. The number of aromatic nitrogens is 4. The average Bonchev–Trinajstić information content (AvgIpc) is 3.01. The third kappa shape index (κ3) is 4.58. The van der Waals surface area contributed by atoms with Crippen molar-refractivity contribution in [3.63, 3.8) is 0 Å². The van der Waals surface area contributed by atoms with Crippen molar-refractivity contribution < 1.29 is 47.1 Å². The molecule has 15 nitrogen and oxygen atoms in total. The van der Waals surface area contributed by atoms with Crippen molar-refractivity contribution >= 4 is 32.8 Å². The zero-order valence-electron chi connectivity index (χ0n) is 15.1. The molecule has 0 aliphatic carbocycles. The Balaban J connectivity index is 1.84. The van der Waals surface area contributed by atoms with Crippen LogP contribution in [0, 0.1) is 5.92 Å². The summed E-state index contributed by atoms with van der Waals surface area (Å²) in [4.78, 5) is 47.0. The van der Waals surface area contributed by atoms with Gasteiger partial charge in [-0.2, -0.15) is 0 Å². The van der Waals surface area contributed by atoms with Gasteiger partial charge in [-0.1, -0.05) is 11.9 Å². The third-order valence-electron chi connectivity index (χ3n) is 4.40. The lowest BCUT2D eigenvalue weighted by Crippen LogP contribution is -2.45. The fraction of sp³-hybridized carbons (Fsp3) is 0.583. The molecule has 3 heterocycles. The highest BCUT2D eigenvalue weighted by Gasteiger charge is 2.46. The molecule has 0 spiro atoms. The zero-order valence-corrected chi connectivity index (χ0v) is 16.9. The maximum atomic E-state index is 12.1. The number of phosphoric acid groups is 2. The molecule has 1 aliphatic heterocycles. The smallest absolute Gasteiger partial charge is 0.478 e. The molecule has 0 saturated carbocycles. The van der Waals surface area contributed by atoms with E-state index in [-0.39, 0.29) is 17.1 Å². The minimum absolute atomic E-state index is 0.135. The van der Waals surface area contributed by atoms with Gasteiger partial charge in [0.15, 0.2) is 6.33 Å². The van der Waals surface area contributed by atoms with E-state index >= 15 is 0 Å². The first-order chi connectivity index (χ1) is 13.3. The summed E-state index contributed by atoms with van der Waals surface area (Å²) >= 11 is 0. The minimum atomic E-state index is -5.51. The van der Waals surface area contributed by atoms with Crippen molar-refractivity contribution in [1.29, 1.82) is 0 Å². The summed E-state index contributed by atoms with van der Waals surface area (Å²) in [6, 6.07) is 0. The standard InChI is InChI=1S/C12H19N5O10P2/c1-5-6(3-25-29(23,24)27-28(20,21)22)26-11(8(5)18)17-4-16(2)7-9(17)14-12(13)15-10(7)19/h4-6,8,11,18H,3H2,1-2H3,(H5-,13,14,15,19,20,21,22,23,24)/t5-,6-,8-,11-/m1/s1. The van der Waals surface area contributed by atoms with Crippen molar-refractivity contribution in [1.82, 2.24) is 14.5 Å². The summed E-state index contributed by atoms with van der Waals surface area (Å²) in [5.74, 6) is -0.789. The van der Waals surface area contributed by atoms with E-state index < -0.39 is 52.2 Å². The van der Waals surface area contributed by atoms with Crippen LogP contribution in [0.1, 0.15) is 13.2 Å². The Morgan fingerprint density at radius 1 is 1.48 bits per heavy atom. The molecule has 29 heavy (non-hydrogen) atoms. The molecule has 2 aromatic heterocycles. The number of fused-ring (bicyclic) bond motifs is 1. The largest absolute Gasteiger partial charge is 0.756 e. The monoisotopic (exact) mass is 455 g/mol. The van der Waals surface area contributed by atoms with Crippen LogP contribution >= 0.6 is 15.6 Å². The van der Waals surface area contributed by atoms with E-state index in [4.69, 9.17) is 15.4 Å². The molecule has 3 rings (SSSR count). The Morgan fingerprint density at radius 3 is 2.76 bits per heavy atom. The van der Waals surface area contributed by atoms with Crippen LogP contribution in [0.4, 0.5) is 5.95 Å². The number of hydrogen-bond donors (Lipinski definition) is 5. The van der Waals surface area contributed by atoms with Crippen LogP contribution in [-0.2, 0) is 29.7 Å². The van der Waals surface area contributed by atoms with E-state index in [1.54, 1.807) is 14.0 Å². The number of rotatable bonds is 6. The fourth-order valence-electron chi connectivity index (χ4n) is 3.06. The van der Waals surface area contributed by atoms with Crippen LogP contribution in [0.15, 0.2) is 11.1 Å². The van der Waals surface area contributed by atoms with Gasteiger partial charge in [0.1, 0.15) is 6.10 Å². The topological polar surface area (TPSA) is 226 Å². The molecule has 0 aromatic carbocycles. The van der Waals surface area contributed by atoms with E-state index in [9.17, 15) is 28.8 Å². The first-order valence-electron chi connectivity index (χ1n) is 8.11. The van der Waals surface area contributed by atoms with Gasteiger partial charge < -0.3 is 30.3 Å². The van der Waals surface area contributed by atoms with Gasteiger partial charge in [0.25, 0.3) is 19.3 Å². The van der Waals surface area contributed by atoms with Crippen LogP contribution in [0.2, 0.25) is 0 Å². The number of anilines is 1. The Labute approximate surface area is 162 Å². The van der Waals surface area contributed by atoms with Crippen LogP contribution in [-0.4, -0.2) is 48.2 Å². The van der Waals surface area contributed by atoms with E-state index in [1.165, 1.54) is 15.5 Å². The van der Waals surface area contributed by atoms with E-state index in [0.29, 0.717) is 0 Å². The number of hydrogen-bond acceptors (Lipinski definition) is 10. The Bertz CT molecular complexity index is 1080. The van der Waals surface area contributed by atoms with E-state index in [2.05, 4.69) is 18.8 Å². The molecule has 0 radical (unpaired) electrons. The predicted molar refractivity (Wildman–Crippen MR) is 91.7 cm³/mol. The number of phosphoric ester groups is 1. The van der Waals surface area contributed by atoms with Crippen molar-refractivity contribution in [3.8, 4) is 0 Å². The lowest BCUT2D eigenvalue weighted by Gasteiger charge is -2.21. The van der Waals surface area contributed by atoms with Crippen molar-refractivity contribution in [2.45, 2.75) is 25.4 Å². The quantitative estimate of drug-likeness (QED) is 0.227. The number of H-pyrrole nitrogens is 1. The third-order valence-corrected chi connectivity index (χ3v) is 6.53. The second-order valence-corrected chi connectivity index (χ2v) is 9.27. The van der Waals surface area contributed by atoms with Crippen molar-refractivity contribution in [2.75, 3.05) is 12.3 Å². The maximum absolute atomic E-state index is 12.1. The van der Waals surface area contributed by atoms with Gasteiger partial charge in [0.2, 0.25) is 11.7 Å². The van der Waals surface area contributed by atoms with Gasteiger partial charge >= 0.3 is 13.5 Å². The Kier molecular flexibility index (Phi) is 5.73. The number of aromatic amines is 1. The molecule has 2 aromatic rings. The number of nitrogen functional groups attached to an aromatic ring is 1. The molecular formula is C12H19N5O10P2. The van der Waals surface area contributed by atoms with Gasteiger partial charge in [0, 0.05) is 5.92 Å². The van der Waals surface area contributed by atoms with E-state index in [1.807, 2.05) is 0 Å². The average molecular weight is 455 g/mol. The summed E-state index contributed by atoms with van der Waals surface area (Å²) in [6.07, 6.45) is -1.72. The number of nitrogens with two attached hydrogens (primary N) is 1. The highest BCUT2D eigenvalue weighted by atomic mass is 31.3. The molecular weight excluding hydrogens is 436 g/mol. The predicted octanol–water partition coefficient (Wildman–Crippen LogP) is -2.38. The van der Waals surface area contributed by atoms with Crippen LogP contribution in [0.25, 0.3) is 11.2 Å². The second kappa shape index (κ2) is 7.54. The lowest BCUT2D eigenvalue weighted by molar-refractivity contribution is -0.745. The Morgan fingerprint density at radius 2 is 2.14 bits per heavy atom. The molecule has 1 saturated heterocycles. The first-order valence-corrected chi connectivity index (χ1v) is 11.1. The number of aryl methyl sites for hydroxylation is 1. The number of aliphatic hydroxyl groups is 1. The first kappa shape index (κ1) is 22.0. The number of nitrogens with one attached hydrogen (secondary N) is 1. The number of aliphatic hydroxyl groups excluding tert-OH is 1. The van der Waals surface area contributed by atoms with Gasteiger partial charge in [0.05, 0.1) is 19.8 Å². The van der Waals surface area contributed by atoms with Gasteiger partial charge in [-0.15, -0.1) is 0 Å². The Hall–Kier alpha value is -1.67. The summed E-state index contributed by atoms with van der Waals surface area (Å²) in [5, 5.41) is 10.6. The van der Waals surface area contributed by atoms with Gasteiger partial charge in [-0.25, -0.2) is 13.4 Å². The molecule has 6 atom stereocenters. The highest BCUT2D eigenvalue weighted by Crippen LogP contribution is 2.55. The van der Waals surface area contributed by atoms with Crippen LogP contribution < -0.4 is 20.8 Å². The van der Waals surface area contributed by atoms with Crippen LogP contribution in [0.3, 0.4) is 0 Å². The molecule has 6 N–H and O–H groups in total. The number of nitrogens with zero attached hydrogens (tertiary/aromatic N) is 3. The summed E-state index contributed by atoms with van der Waals surface area (Å²) in [5.41, 5.74) is 5.39. The van der Waals surface area contributed by atoms with Crippen molar-refractivity contribution in [3.05, 3.63) is 16.7 Å². The number of imidazole rings is 1. The summed E-state index contributed by atoms with van der Waals surface area (Å²) < 4.78 is 38.8. The zero-order chi connectivity index (χ0) is 21.7. The fourth-order valence-corrected chi connectivity index (χ4v) is 4.63. The van der Waals surface area contributed by atoms with E-state index in [0.717, 1.165) is 0 Å². The van der Waals surface area contributed by atoms with Gasteiger partial charge in [-0.3, -0.25) is 23.4 Å². The van der Waals surface area contributed by atoms with Crippen LogP contribution in [0.5, 0.6) is 0 Å². The molecule has 17 heteroatoms. The molecule has 1 aliphatic rings. The maximum Gasteiger partial charge on any atom is 0.478 e. The normalized spacial score (nSPS) is 29.0. The minimum Gasteiger partial charge on any atom is -0.756 e. The summed E-state index contributed by atoms with van der Waals surface area (Å²) in [6.45, 7) is 0.927. The molecule has 0 bridgehead atoms. The van der Waals surface area contributed by atoms with Crippen molar-refractivity contribution in [2.24, 2.45) is 13.0 Å². The van der Waals surface area contributed by atoms with Gasteiger partial charge in [-0.05, 0) is 0 Å². The number of ether oxygens (including phenoxy) is 1. The molecule has 162 valence electrons.